The molecule has 0 bridgehead atoms. The zero-order chi connectivity index (χ0) is 46.5. The van der Waals surface area contributed by atoms with Gasteiger partial charge in [0.1, 0.15) is 11.2 Å². The number of hydrogen-bond donors (Lipinski definition) is 3. The van der Waals surface area contributed by atoms with Crippen LogP contribution in [0.4, 0.5) is 9.59 Å². The van der Waals surface area contributed by atoms with Crippen molar-refractivity contribution in [3.8, 4) is 0 Å². The summed E-state index contributed by atoms with van der Waals surface area (Å²) in [5.41, 5.74) is 0.318. The molecule has 3 N–H and O–H groups in total. The fourth-order valence-electron chi connectivity index (χ4n) is 8.20. The van der Waals surface area contributed by atoms with Crippen LogP contribution in [-0.4, -0.2) is 142 Å². The Bertz CT molecular complexity index is 1270. The van der Waals surface area contributed by atoms with Gasteiger partial charge in [-0.2, -0.15) is 0 Å². The van der Waals surface area contributed by atoms with Gasteiger partial charge in [0.2, 0.25) is 0 Å². The summed E-state index contributed by atoms with van der Waals surface area (Å²) in [7, 11) is 5.62. The molecule has 4 rings (SSSR count). The van der Waals surface area contributed by atoms with E-state index < -0.39 is 11.2 Å². The number of benzene rings is 1. The van der Waals surface area contributed by atoms with E-state index in [0.717, 1.165) is 89.8 Å². The van der Waals surface area contributed by atoms with Gasteiger partial charge in [-0.25, -0.2) is 9.59 Å². The number of hydrogen-bond acceptors (Lipinski definition) is 11. The van der Waals surface area contributed by atoms with Crippen molar-refractivity contribution in [1.29, 1.82) is 0 Å². The molecule has 3 fully saturated rings. The summed E-state index contributed by atoms with van der Waals surface area (Å²) in [5.74, 6) is 2.21. The number of aliphatic hydroxyl groups excluding tert-OH is 2. The smallest absolute Gasteiger partial charge is 0.410 e. The molecule has 366 valence electrons. The van der Waals surface area contributed by atoms with Gasteiger partial charge < -0.3 is 53.8 Å². The molecule has 13 heteroatoms. The molecule has 63 heavy (non-hydrogen) atoms. The van der Waals surface area contributed by atoms with Gasteiger partial charge in [0.15, 0.2) is 0 Å². The van der Waals surface area contributed by atoms with Gasteiger partial charge in [-0.1, -0.05) is 30.3 Å². The molecule has 1 aromatic rings. The largest absolute Gasteiger partial charge is 0.444 e. The number of aliphatic hydroxyl groups is 2. The van der Waals surface area contributed by atoms with Crippen molar-refractivity contribution in [3.05, 3.63) is 35.9 Å². The first-order valence-electron chi connectivity index (χ1n) is 24.2. The fraction of sp³-hybridized carbons (Fsp3) is 0.840. The van der Waals surface area contributed by atoms with E-state index in [2.05, 4.69) is 17.4 Å². The molecule has 3 aliphatic rings. The Kier molecular flexibility index (Phi) is 28.9. The summed E-state index contributed by atoms with van der Waals surface area (Å²) in [5, 5.41) is 20.6. The van der Waals surface area contributed by atoms with Crippen molar-refractivity contribution in [2.24, 2.45) is 17.8 Å². The molecular formula is C50H91N3O10. The first-order chi connectivity index (χ1) is 30.0. The first kappa shape index (κ1) is 56.6. The average molecular weight is 894 g/mol. The number of carbonyl (C=O) groups excluding carboxylic acids is 2. The van der Waals surface area contributed by atoms with E-state index in [1.54, 1.807) is 16.8 Å². The van der Waals surface area contributed by atoms with Crippen molar-refractivity contribution in [1.82, 2.24) is 15.1 Å². The number of carbonyl (C=O) groups is 2. The Morgan fingerprint density at radius 3 is 1.33 bits per heavy atom. The van der Waals surface area contributed by atoms with E-state index >= 15 is 0 Å². The molecule has 0 aromatic heterocycles. The fourth-order valence-corrected chi connectivity index (χ4v) is 8.20. The molecular weight excluding hydrogens is 803 g/mol. The number of rotatable bonds is 21. The molecule has 0 spiro atoms. The van der Waals surface area contributed by atoms with E-state index in [0.29, 0.717) is 63.2 Å². The lowest BCUT2D eigenvalue weighted by Gasteiger charge is -2.30. The third-order valence-corrected chi connectivity index (χ3v) is 11.9. The summed E-state index contributed by atoms with van der Waals surface area (Å²) in [4.78, 5) is 27.2. The first-order valence-corrected chi connectivity index (χ1v) is 24.2. The summed E-state index contributed by atoms with van der Waals surface area (Å²) < 4.78 is 33.5. The van der Waals surface area contributed by atoms with Crippen molar-refractivity contribution in [3.63, 3.8) is 0 Å². The van der Waals surface area contributed by atoms with E-state index in [4.69, 9.17) is 38.6 Å². The molecule has 0 heterocycles. The number of nitrogens with one attached hydrogen (secondary N) is 1. The molecule has 0 radical (unpaired) electrons. The Labute approximate surface area is 382 Å². The highest BCUT2D eigenvalue weighted by atomic mass is 16.6. The zero-order valence-corrected chi connectivity index (χ0v) is 41.1. The Morgan fingerprint density at radius 1 is 0.587 bits per heavy atom. The van der Waals surface area contributed by atoms with Gasteiger partial charge in [0, 0.05) is 27.2 Å². The van der Waals surface area contributed by atoms with Crippen molar-refractivity contribution in [2.45, 2.75) is 174 Å². The third kappa shape index (κ3) is 28.2. The molecule has 1 aromatic carbocycles. The zero-order valence-electron chi connectivity index (χ0n) is 41.1. The maximum absolute atomic E-state index is 12.0. The van der Waals surface area contributed by atoms with E-state index in [-0.39, 0.29) is 25.4 Å². The van der Waals surface area contributed by atoms with Gasteiger partial charge in [0.25, 0.3) is 0 Å². The standard InChI is InChI=1S/C23H37NO4.C16H31NO4.C11H23NO2/c1-23(2,3)28-22(25)24(4)15-14-19-10-12-21(13-11-19)27-17-16-26-18-20-8-6-5-7-9-20;1-16(2,3)21-15(19)17(4)10-9-13-5-7-14(8-6-13)20-12-11-18;1-12-7-6-10-2-4-11(5-3-10)14-9-8-13/h5-9,19,21H,10-18H2,1-4H3;13-14,18H,5-12H2,1-4H3;10-13H,2-9H2,1H3. The topological polar surface area (TPSA) is 148 Å². The average Bonchev–Trinajstić information content (AvgIpc) is 3.26. The minimum atomic E-state index is -0.439. The highest BCUT2D eigenvalue weighted by Crippen LogP contribution is 2.31. The second kappa shape index (κ2) is 32.2. The molecule has 13 nitrogen and oxygen atoms in total. The van der Waals surface area contributed by atoms with Gasteiger partial charge in [0.05, 0.1) is 64.6 Å². The SMILES string of the molecule is CN(CCC1CCC(OCCO)CC1)C(=O)OC(C)(C)C.CN(CCC1CCC(OCCOCc2ccccc2)CC1)C(=O)OC(C)(C)C.CNCCC1CCC(OCCO)CC1. The van der Waals surface area contributed by atoms with Crippen LogP contribution in [0.3, 0.4) is 0 Å². The van der Waals surface area contributed by atoms with Gasteiger partial charge in [-0.15, -0.1) is 0 Å². The molecule has 2 amide bonds. The second-order valence-electron chi connectivity index (χ2n) is 19.8. The molecule has 0 atom stereocenters. The maximum Gasteiger partial charge on any atom is 0.410 e. The monoisotopic (exact) mass is 894 g/mol. The Balaban J connectivity index is 0.000000344. The van der Waals surface area contributed by atoms with E-state index in [1.165, 1.54) is 37.7 Å². The van der Waals surface area contributed by atoms with Crippen LogP contribution in [0.1, 0.15) is 143 Å². The van der Waals surface area contributed by atoms with Crippen LogP contribution in [0.5, 0.6) is 0 Å². The van der Waals surface area contributed by atoms with Crippen LogP contribution in [0, 0.1) is 17.8 Å². The number of ether oxygens (including phenoxy) is 6. The lowest BCUT2D eigenvalue weighted by Crippen LogP contribution is -2.35. The van der Waals surface area contributed by atoms with Crippen LogP contribution in [-0.2, 0) is 35.0 Å². The third-order valence-electron chi connectivity index (χ3n) is 11.9. The summed E-state index contributed by atoms with van der Waals surface area (Å²) in [6, 6.07) is 10.2. The van der Waals surface area contributed by atoms with Crippen LogP contribution in [0.15, 0.2) is 30.3 Å². The van der Waals surface area contributed by atoms with Crippen molar-refractivity contribution in [2.75, 3.05) is 80.4 Å². The lowest BCUT2D eigenvalue weighted by molar-refractivity contribution is -0.0207. The summed E-state index contributed by atoms with van der Waals surface area (Å²) in [6.07, 6.45) is 17.8. The minimum absolute atomic E-state index is 0.0978. The molecule has 3 saturated carbocycles. The van der Waals surface area contributed by atoms with Crippen LogP contribution in [0.25, 0.3) is 0 Å². The van der Waals surface area contributed by atoms with Gasteiger partial charge in [-0.05, 0) is 175 Å². The van der Waals surface area contributed by atoms with Gasteiger partial charge in [-0.3, -0.25) is 0 Å². The van der Waals surface area contributed by atoms with Crippen molar-refractivity contribution < 1.29 is 48.2 Å². The normalized spacial score (nSPS) is 22.7. The Hall–Kier alpha value is -2.52. The van der Waals surface area contributed by atoms with Crippen LogP contribution >= 0.6 is 0 Å². The predicted octanol–water partition coefficient (Wildman–Crippen LogP) is 9.01. The molecule has 3 aliphatic carbocycles. The summed E-state index contributed by atoms with van der Waals surface area (Å²) in [6.45, 7) is 17.1. The highest BCUT2D eigenvalue weighted by Gasteiger charge is 2.26. The van der Waals surface area contributed by atoms with Crippen LogP contribution in [0.2, 0.25) is 0 Å². The van der Waals surface area contributed by atoms with E-state index in [1.807, 2.05) is 73.8 Å². The van der Waals surface area contributed by atoms with Gasteiger partial charge >= 0.3 is 12.2 Å². The molecule has 0 unspecified atom stereocenters. The van der Waals surface area contributed by atoms with Crippen LogP contribution < -0.4 is 5.32 Å². The highest BCUT2D eigenvalue weighted by molar-refractivity contribution is 5.68. The van der Waals surface area contributed by atoms with E-state index in [9.17, 15) is 9.59 Å². The van der Waals surface area contributed by atoms with Crippen molar-refractivity contribution >= 4 is 12.2 Å². The quantitative estimate of drug-likeness (QED) is 0.102. The second-order valence-corrected chi connectivity index (χ2v) is 19.8. The minimum Gasteiger partial charge on any atom is -0.444 e. The lowest BCUT2D eigenvalue weighted by atomic mass is 9.85. The molecule has 0 aliphatic heterocycles. The predicted molar refractivity (Wildman–Crippen MR) is 251 cm³/mol. The number of nitrogens with zero attached hydrogens (tertiary/aromatic N) is 2. The molecule has 0 saturated heterocycles. The summed E-state index contributed by atoms with van der Waals surface area (Å²) >= 11 is 0. The Morgan fingerprint density at radius 2 is 0.968 bits per heavy atom. The number of amides is 2. The maximum atomic E-state index is 12.0.